The first-order valence-corrected chi connectivity index (χ1v) is 6.16. The van der Waals surface area contributed by atoms with Gasteiger partial charge in [0, 0.05) is 10.0 Å². The number of furan rings is 1. The van der Waals surface area contributed by atoms with Gasteiger partial charge in [-0.2, -0.15) is 0 Å². The Morgan fingerprint density at radius 2 is 2.05 bits per heavy atom. The van der Waals surface area contributed by atoms with Gasteiger partial charge in [-0.1, -0.05) is 0 Å². The molecule has 1 aromatic carbocycles. The van der Waals surface area contributed by atoms with Crippen molar-refractivity contribution < 1.29 is 19.1 Å². The van der Waals surface area contributed by atoms with Crippen molar-refractivity contribution in [2.75, 3.05) is 5.32 Å². The fourth-order valence-electron chi connectivity index (χ4n) is 1.54. The molecule has 0 aliphatic rings. The number of rotatable bonds is 3. The molecule has 5 nitrogen and oxygen atoms in total. The summed E-state index contributed by atoms with van der Waals surface area (Å²) in [7, 11) is 0. The SMILES string of the molecule is Cc1ccoc1C(=O)Nc1cc(C(=O)O)ccc1Br. The highest BCUT2D eigenvalue weighted by Gasteiger charge is 2.15. The van der Waals surface area contributed by atoms with Gasteiger partial charge in [-0.25, -0.2) is 4.79 Å². The van der Waals surface area contributed by atoms with E-state index in [1.165, 1.54) is 18.4 Å². The highest BCUT2D eigenvalue weighted by atomic mass is 79.9. The molecule has 0 aliphatic heterocycles. The Balaban J connectivity index is 2.28. The van der Waals surface area contributed by atoms with Crippen LogP contribution >= 0.6 is 15.9 Å². The third-order valence-corrected chi connectivity index (χ3v) is 3.22. The first-order valence-electron chi connectivity index (χ1n) is 5.37. The van der Waals surface area contributed by atoms with Crippen LogP contribution in [0.1, 0.15) is 26.5 Å². The third-order valence-electron chi connectivity index (χ3n) is 2.53. The fourth-order valence-corrected chi connectivity index (χ4v) is 1.88. The summed E-state index contributed by atoms with van der Waals surface area (Å²) in [4.78, 5) is 22.8. The third kappa shape index (κ3) is 2.85. The Hall–Kier alpha value is -2.08. The maximum Gasteiger partial charge on any atom is 0.335 e. The molecule has 6 heteroatoms. The normalized spacial score (nSPS) is 10.2. The number of hydrogen-bond acceptors (Lipinski definition) is 3. The van der Waals surface area contributed by atoms with E-state index in [-0.39, 0.29) is 11.3 Å². The molecule has 0 bridgehead atoms. The molecule has 0 unspecified atom stereocenters. The van der Waals surface area contributed by atoms with Gasteiger partial charge in [-0.05, 0) is 47.1 Å². The van der Waals surface area contributed by atoms with E-state index in [0.717, 1.165) is 0 Å². The van der Waals surface area contributed by atoms with Crippen LogP contribution in [0.4, 0.5) is 5.69 Å². The van der Waals surface area contributed by atoms with E-state index in [4.69, 9.17) is 9.52 Å². The fraction of sp³-hybridized carbons (Fsp3) is 0.0769. The number of halogens is 1. The van der Waals surface area contributed by atoms with Crippen LogP contribution in [0.25, 0.3) is 0 Å². The van der Waals surface area contributed by atoms with E-state index in [1.54, 1.807) is 19.1 Å². The molecule has 98 valence electrons. The maximum absolute atomic E-state index is 12.0. The van der Waals surface area contributed by atoms with Crippen molar-refractivity contribution in [1.29, 1.82) is 0 Å². The molecule has 0 fully saturated rings. The molecule has 0 spiro atoms. The molecule has 1 heterocycles. The van der Waals surface area contributed by atoms with E-state index in [2.05, 4.69) is 21.2 Å². The van der Waals surface area contributed by atoms with Crippen LogP contribution in [-0.4, -0.2) is 17.0 Å². The van der Waals surface area contributed by atoms with Crippen LogP contribution < -0.4 is 5.32 Å². The molecule has 0 radical (unpaired) electrons. The van der Waals surface area contributed by atoms with Gasteiger partial charge in [0.1, 0.15) is 0 Å². The number of carboxylic acids is 1. The molecule has 1 aromatic heterocycles. The maximum atomic E-state index is 12.0. The van der Waals surface area contributed by atoms with Crippen molar-refractivity contribution in [3.05, 3.63) is 51.9 Å². The summed E-state index contributed by atoms with van der Waals surface area (Å²) in [5.74, 6) is -1.28. The average molecular weight is 324 g/mol. The standard InChI is InChI=1S/C13H10BrNO4/c1-7-4-5-19-11(7)12(16)15-10-6-8(13(17)18)2-3-9(10)14/h2-6H,1H3,(H,15,16)(H,17,18). The van der Waals surface area contributed by atoms with Crippen LogP contribution in [0, 0.1) is 6.92 Å². The van der Waals surface area contributed by atoms with Crippen molar-refractivity contribution in [3.8, 4) is 0 Å². The van der Waals surface area contributed by atoms with E-state index in [9.17, 15) is 9.59 Å². The highest BCUT2D eigenvalue weighted by Crippen LogP contribution is 2.24. The number of hydrogen-bond donors (Lipinski definition) is 2. The first kappa shape index (κ1) is 13.4. The summed E-state index contributed by atoms with van der Waals surface area (Å²) in [5, 5.41) is 11.5. The zero-order chi connectivity index (χ0) is 14.0. The molecule has 0 saturated carbocycles. The zero-order valence-electron chi connectivity index (χ0n) is 9.94. The van der Waals surface area contributed by atoms with Crippen LogP contribution in [0.2, 0.25) is 0 Å². The summed E-state index contributed by atoms with van der Waals surface area (Å²) in [6.07, 6.45) is 1.42. The van der Waals surface area contributed by atoms with Gasteiger partial charge in [-0.3, -0.25) is 4.79 Å². The highest BCUT2D eigenvalue weighted by molar-refractivity contribution is 9.10. The number of aromatic carboxylic acids is 1. The Labute approximate surface area is 117 Å². The Morgan fingerprint density at radius 3 is 2.63 bits per heavy atom. The monoisotopic (exact) mass is 323 g/mol. The van der Waals surface area contributed by atoms with Gasteiger partial charge in [-0.15, -0.1) is 0 Å². The molecule has 2 N–H and O–H groups in total. The second-order valence-corrected chi connectivity index (χ2v) is 4.74. The molecular formula is C13H10BrNO4. The second kappa shape index (κ2) is 5.27. The lowest BCUT2D eigenvalue weighted by Gasteiger charge is -2.07. The number of anilines is 1. The van der Waals surface area contributed by atoms with E-state index in [1.807, 2.05) is 0 Å². The second-order valence-electron chi connectivity index (χ2n) is 3.89. The van der Waals surface area contributed by atoms with Crippen LogP contribution in [0.5, 0.6) is 0 Å². The molecule has 2 aromatic rings. The number of benzene rings is 1. The van der Waals surface area contributed by atoms with Crippen LogP contribution in [0.15, 0.2) is 39.4 Å². The van der Waals surface area contributed by atoms with Gasteiger partial charge < -0.3 is 14.8 Å². The van der Waals surface area contributed by atoms with Gasteiger partial charge in [0.15, 0.2) is 5.76 Å². The topological polar surface area (TPSA) is 79.5 Å². The van der Waals surface area contributed by atoms with E-state index < -0.39 is 11.9 Å². The quantitative estimate of drug-likeness (QED) is 0.908. The molecular weight excluding hydrogens is 314 g/mol. The number of amides is 1. The van der Waals surface area contributed by atoms with Crippen molar-refractivity contribution in [2.24, 2.45) is 0 Å². The number of aryl methyl sites for hydroxylation is 1. The first-order chi connectivity index (χ1) is 8.99. The van der Waals surface area contributed by atoms with Crippen LogP contribution in [0.3, 0.4) is 0 Å². The molecule has 2 rings (SSSR count). The summed E-state index contributed by atoms with van der Waals surface area (Å²) >= 11 is 3.25. The predicted molar refractivity (Wildman–Crippen MR) is 72.5 cm³/mol. The zero-order valence-corrected chi connectivity index (χ0v) is 11.5. The summed E-state index contributed by atoms with van der Waals surface area (Å²) in [5.41, 5.74) is 1.18. The van der Waals surface area contributed by atoms with Gasteiger partial charge >= 0.3 is 5.97 Å². The van der Waals surface area contributed by atoms with Crippen molar-refractivity contribution >= 4 is 33.5 Å². The van der Waals surface area contributed by atoms with Crippen molar-refractivity contribution in [2.45, 2.75) is 6.92 Å². The van der Waals surface area contributed by atoms with Gasteiger partial charge in [0.05, 0.1) is 17.5 Å². The smallest absolute Gasteiger partial charge is 0.335 e. The largest absolute Gasteiger partial charge is 0.478 e. The van der Waals surface area contributed by atoms with Gasteiger partial charge in [0.25, 0.3) is 5.91 Å². The molecule has 1 amide bonds. The minimum absolute atomic E-state index is 0.0923. The molecule has 0 aliphatic carbocycles. The summed E-state index contributed by atoms with van der Waals surface area (Å²) in [6.45, 7) is 1.75. The van der Waals surface area contributed by atoms with Crippen molar-refractivity contribution in [1.82, 2.24) is 0 Å². The minimum Gasteiger partial charge on any atom is -0.478 e. The number of carbonyl (C=O) groups excluding carboxylic acids is 1. The number of carboxylic acid groups (broad SMARTS) is 1. The van der Waals surface area contributed by atoms with E-state index in [0.29, 0.717) is 15.7 Å². The Bertz CT molecular complexity index is 648. The Kier molecular flexibility index (Phi) is 3.71. The Morgan fingerprint density at radius 1 is 1.32 bits per heavy atom. The minimum atomic E-state index is -1.06. The summed E-state index contributed by atoms with van der Waals surface area (Å²) < 4.78 is 5.66. The lowest BCUT2D eigenvalue weighted by atomic mass is 10.2. The molecule has 0 atom stereocenters. The van der Waals surface area contributed by atoms with Gasteiger partial charge in [0.2, 0.25) is 0 Å². The number of carbonyl (C=O) groups is 2. The van der Waals surface area contributed by atoms with E-state index >= 15 is 0 Å². The molecule has 0 saturated heterocycles. The predicted octanol–water partition coefficient (Wildman–Crippen LogP) is 3.30. The van der Waals surface area contributed by atoms with Crippen LogP contribution in [-0.2, 0) is 0 Å². The molecule has 19 heavy (non-hydrogen) atoms. The van der Waals surface area contributed by atoms with Crippen molar-refractivity contribution in [3.63, 3.8) is 0 Å². The lowest BCUT2D eigenvalue weighted by Crippen LogP contribution is -2.13. The average Bonchev–Trinajstić information content (AvgIpc) is 2.78. The lowest BCUT2D eigenvalue weighted by molar-refractivity contribution is 0.0696. The number of nitrogens with one attached hydrogen (secondary N) is 1. The summed E-state index contributed by atoms with van der Waals surface area (Å²) in [6, 6.07) is 6.06.